The number of para-hydroxylation sites is 2. The average molecular weight is 292 g/mol. The van der Waals surface area contributed by atoms with Crippen molar-refractivity contribution < 1.29 is 9.53 Å². The monoisotopic (exact) mass is 292 g/mol. The van der Waals surface area contributed by atoms with Gasteiger partial charge in [0.1, 0.15) is 5.75 Å². The molecule has 2 heterocycles. The lowest BCUT2D eigenvalue weighted by atomic mass is 9.95. The standard InChI is InChI=1S/C18H16N2O2/c1-10-7-11(2)17-12(8-10)16(21)13-9-19-14-5-3-4-6-15(14)20-18(13)22-17/h3-9,18-20H,1-2H3/t18-/m1/s1. The summed E-state index contributed by atoms with van der Waals surface area (Å²) in [7, 11) is 0. The third-order valence-corrected chi connectivity index (χ3v) is 4.04. The molecule has 0 saturated carbocycles. The molecule has 2 aromatic rings. The topological polar surface area (TPSA) is 50.4 Å². The molecule has 1 atom stereocenters. The number of rotatable bonds is 0. The second kappa shape index (κ2) is 4.63. The molecule has 2 N–H and O–H groups in total. The van der Waals surface area contributed by atoms with Crippen LogP contribution in [-0.4, -0.2) is 12.0 Å². The number of carbonyl (C=O) groups excluding carboxylic acids is 1. The number of ketones is 1. The minimum Gasteiger partial charge on any atom is -0.465 e. The van der Waals surface area contributed by atoms with Gasteiger partial charge in [-0.3, -0.25) is 4.79 Å². The van der Waals surface area contributed by atoms with Crippen molar-refractivity contribution >= 4 is 17.2 Å². The van der Waals surface area contributed by atoms with Crippen LogP contribution in [0, 0.1) is 13.8 Å². The Bertz CT molecular complexity index is 824. The van der Waals surface area contributed by atoms with Crippen molar-refractivity contribution in [2.24, 2.45) is 0 Å². The highest BCUT2D eigenvalue weighted by molar-refractivity contribution is 6.13. The van der Waals surface area contributed by atoms with E-state index in [1.807, 2.05) is 50.2 Å². The lowest BCUT2D eigenvalue weighted by molar-refractivity contribution is 0.0973. The normalized spacial score (nSPS) is 18.5. The van der Waals surface area contributed by atoms with Gasteiger partial charge < -0.3 is 15.4 Å². The Balaban J connectivity index is 1.83. The predicted molar refractivity (Wildman–Crippen MR) is 86.4 cm³/mol. The van der Waals surface area contributed by atoms with Gasteiger partial charge >= 0.3 is 0 Å². The number of hydrogen-bond acceptors (Lipinski definition) is 4. The van der Waals surface area contributed by atoms with Crippen LogP contribution in [0.25, 0.3) is 0 Å². The molecule has 0 bridgehead atoms. The van der Waals surface area contributed by atoms with E-state index in [0.717, 1.165) is 22.5 Å². The van der Waals surface area contributed by atoms with E-state index in [1.54, 1.807) is 6.20 Å². The maximum atomic E-state index is 12.8. The molecule has 4 rings (SSSR count). The van der Waals surface area contributed by atoms with Crippen LogP contribution in [0.3, 0.4) is 0 Å². The first-order chi connectivity index (χ1) is 10.6. The summed E-state index contributed by atoms with van der Waals surface area (Å²) < 4.78 is 6.09. The quantitative estimate of drug-likeness (QED) is 0.778. The largest absolute Gasteiger partial charge is 0.465 e. The fraction of sp³-hybridized carbons (Fsp3) is 0.167. The van der Waals surface area contributed by atoms with Crippen LogP contribution >= 0.6 is 0 Å². The van der Waals surface area contributed by atoms with Gasteiger partial charge in [0.05, 0.1) is 22.5 Å². The summed E-state index contributed by atoms with van der Waals surface area (Å²) >= 11 is 0. The molecular formula is C18H16N2O2. The Labute approximate surface area is 128 Å². The second-order valence-electron chi connectivity index (χ2n) is 5.72. The molecule has 0 aromatic heterocycles. The summed E-state index contributed by atoms with van der Waals surface area (Å²) in [6.07, 6.45) is 1.27. The van der Waals surface area contributed by atoms with Gasteiger partial charge in [0.15, 0.2) is 5.78 Å². The molecule has 0 spiro atoms. The van der Waals surface area contributed by atoms with Crippen molar-refractivity contribution in [2.75, 3.05) is 10.6 Å². The van der Waals surface area contributed by atoms with E-state index in [2.05, 4.69) is 10.6 Å². The van der Waals surface area contributed by atoms with Crippen LogP contribution in [0.5, 0.6) is 5.75 Å². The zero-order chi connectivity index (χ0) is 15.3. The smallest absolute Gasteiger partial charge is 0.201 e. The number of anilines is 2. The number of carbonyl (C=O) groups is 1. The summed E-state index contributed by atoms with van der Waals surface area (Å²) in [6.45, 7) is 3.96. The third-order valence-electron chi connectivity index (χ3n) is 4.04. The van der Waals surface area contributed by atoms with E-state index in [0.29, 0.717) is 16.9 Å². The van der Waals surface area contributed by atoms with Crippen LogP contribution in [0.4, 0.5) is 11.4 Å². The lowest BCUT2D eigenvalue weighted by Crippen LogP contribution is -2.36. The lowest BCUT2D eigenvalue weighted by Gasteiger charge is -2.29. The van der Waals surface area contributed by atoms with Gasteiger partial charge in [-0.15, -0.1) is 0 Å². The van der Waals surface area contributed by atoms with Gasteiger partial charge in [-0.1, -0.05) is 18.2 Å². The summed E-state index contributed by atoms with van der Waals surface area (Å²) in [4.78, 5) is 12.8. The Morgan fingerprint density at radius 1 is 1.09 bits per heavy atom. The van der Waals surface area contributed by atoms with Crippen LogP contribution in [-0.2, 0) is 0 Å². The molecule has 0 radical (unpaired) electrons. The molecule has 0 aliphatic carbocycles. The molecular weight excluding hydrogens is 276 g/mol. The third kappa shape index (κ3) is 1.88. The molecule has 4 heteroatoms. The van der Waals surface area contributed by atoms with Gasteiger partial charge in [0, 0.05) is 6.20 Å². The highest BCUT2D eigenvalue weighted by Crippen LogP contribution is 2.37. The van der Waals surface area contributed by atoms with Crippen molar-refractivity contribution in [1.29, 1.82) is 0 Å². The van der Waals surface area contributed by atoms with E-state index in [1.165, 1.54) is 0 Å². The number of Topliss-reactive ketones (excluding diaryl/α,β-unsaturated/α-hetero) is 1. The maximum Gasteiger partial charge on any atom is 0.201 e. The van der Waals surface area contributed by atoms with Crippen molar-refractivity contribution in [3.63, 3.8) is 0 Å². The van der Waals surface area contributed by atoms with Crippen LogP contribution in [0.1, 0.15) is 21.5 Å². The van der Waals surface area contributed by atoms with Crippen LogP contribution in [0.2, 0.25) is 0 Å². The summed E-state index contributed by atoms with van der Waals surface area (Å²) in [5, 5.41) is 6.49. The first-order valence-electron chi connectivity index (χ1n) is 7.28. The average Bonchev–Trinajstić information content (AvgIpc) is 2.68. The summed E-state index contributed by atoms with van der Waals surface area (Å²) in [5.74, 6) is 0.676. The van der Waals surface area contributed by atoms with E-state index in [9.17, 15) is 4.79 Å². The molecule has 22 heavy (non-hydrogen) atoms. The fourth-order valence-electron chi connectivity index (χ4n) is 3.02. The zero-order valence-corrected chi connectivity index (χ0v) is 12.4. The minimum absolute atomic E-state index is 0.00542. The summed E-state index contributed by atoms with van der Waals surface area (Å²) in [6, 6.07) is 11.7. The van der Waals surface area contributed by atoms with Crippen molar-refractivity contribution in [1.82, 2.24) is 0 Å². The predicted octanol–water partition coefficient (Wildman–Crippen LogP) is 3.63. The van der Waals surface area contributed by atoms with E-state index in [4.69, 9.17) is 4.74 Å². The molecule has 2 aliphatic rings. The van der Waals surface area contributed by atoms with Crippen molar-refractivity contribution in [2.45, 2.75) is 20.1 Å². The molecule has 4 nitrogen and oxygen atoms in total. The van der Waals surface area contributed by atoms with Crippen molar-refractivity contribution in [3.8, 4) is 5.75 Å². The van der Waals surface area contributed by atoms with Gasteiger partial charge in [0.25, 0.3) is 0 Å². The van der Waals surface area contributed by atoms with Crippen LogP contribution in [0.15, 0.2) is 48.2 Å². The van der Waals surface area contributed by atoms with Gasteiger partial charge in [-0.2, -0.15) is 0 Å². The fourth-order valence-corrected chi connectivity index (χ4v) is 3.02. The molecule has 2 aliphatic heterocycles. The van der Waals surface area contributed by atoms with Crippen molar-refractivity contribution in [3.05, 3.63) is 64.9 Å². The highest BCUT2D eigenvalue weighted by Gasteiger charge is 2.34. The number of fused-ring (bicyclic) bond motifs is 3. The zero-order valence-electron chi connectivity index (χ0n) is 12.4. The number of nitrogens with one attached hydrogen (secondary N) is 2. The second-order valence-corrected chi connectivity index (χ2v) is 5.72. The van der Waals surface area contributed by atoms with Gasteiger partial charge in [-0.25, -0.2) is 0 Å². The first-order valence-corrected chi connectivity index (χ1v) is 7.28. The summed E-state index contributed by atoms with van der Waals surface area (Å²) in [5.41, 5.74) is 5.11. The van der Waals surface area contributed by atoms with Gasteiger partial charge in [-0.05, 0) is 43.2 Å². The van der Waals surface area contributed by atoms with E-state index < -0.39 is 6.23 Å². The molecule has 110 valence electrons. The number of hydrogen-bond donors (Lipinski definition) is 2. The van der Waals surface area contributed by atoms with Crippen LogP contribution < -0.4 is 15.4 Å². The molecule has 0 unspecified atom stereocenters. The Kier molecular flexibility index (Phi) is 2.73. The SMILES string of the molecule is Cc1cc(C)c2c(c1)C(=O)C1=CNc3ccccc3N[C@@H]1O2. The molecule has 2 aromatic carbocycles. The number of benzene rings is 2. The van der Waals surface area contributed by atoms with E-state index in [-0.39, 0.29) is 5.78 Å². The molecule has 0 saturated heterocycles. The minimum atomic E-state index is -0.474. The van der Waals surface area contributed by atoms with Gasteiger partial charge in [0.2, 0.25) is 6.23 Å². The Hall–Kier alpha value is -2.75. The Morgan fingerprint density at radius 3 is 2.68 bits per heavy atom. The highest BCUT2D eigenvalue weighted by atomic mass is 16.5. The first kappa shape index (κ1) is 13.0. The number of aryl methyl sites for hydroxylation is 2. The van der Waals surface area contributed by atoms with E-state index >= 15 is 0 Å². The molecule has 0 fully saturated rings. The maximum absolute atomic E-state index is 12.8. The molecule has 0 amide bonds. The number of ether oxygens (including phenoxy) is 1. The Morgan fingerprint density at radius 2 is 1.86 bits per heavy atom.